The van der Waals surface area contributed by atoms with E-state index in [-0.39, 0.29) is 4.90 Å². The van der Waals surface area contributed by atoms with Gasteiger partial charge in [0.2, 0.25) is 0 Å². The quantitative estimate of drug-likeness (QED) is 0.378. The van der Waals surface area contributed by atoms with Gasteiger partial charge in [-0.15, -0.1) is 0 Å². The fourth-order valence-corrected chi connectivity index (χ4v) is 4.52. The van der Waals surface area contributed by atoms with Crippen molar-refractivity contribution in [1.29, 1.82) is 0 Å². The molecule has 9 heteroatoms. The molecule has 0 aliphatic rings. The number of rotatable bonds is 8. The number of carbonyl (C=O) groups excluding carboxylic acids is 1. The van der Waals surface area contributed by atoms with Crippen LogP contribution >= 0.6 is 11.6 Å². The summed E-state index contributed by atoms with van der Waals surface area (Å²) >= 11 is 5.90. The Morgan fingerprint density at radius 2 is 1.61 bits per heavy atom. The number of anilines is 1. The summed E-state index contributed by atoms with van der Waals surface area (Å²) in [6.07, 6.45) is 0. The molecule has 3 aromatic carbocycles. The first-order valence-corrected chi connectivity index (χ1v) is 11.8. The standard InChI is InChI=1S/C24H24ClN3O4S/c1-17-4-10-21(11-5-17)28(33(30,31)23-14-12-22(32-3)13-15-23)16-24(29)27-26-18(2)19-6-8-20(25)9-7-19/h4-15H,16H2,1-3H3,(H,27,29)/b26-18-. The summed E-state index contributed by atoms with van der Waals surface area (Å²) in [5, 5.41) is 4.69. The van der Waals surface area contributed by atoms with E-state index in [0.29, 0.717) is 22.2 Å². The van der Waals surface area contributed by atoms with E-state index in [1.54, 1.807) is 67.6 Å². The van der Waals surface area contributed by atoms with Crippen LogP contribution in [0.4, 0.5) is 5.69 Å². The van der Waals surface area contributed by atoms with Crippen molar-refractivity contribution in [2.24, 2.45) is 5.10 Å². The number of nitrogens with one attached hydrogen (secondary N) is 1. The molecule has 0 spiro atoms. The highest BCUT2D eigenvalue weighted by atomic mass is 35.5. The molecule has 3 rings (SSSR count). The summed E-state index contributed by atoms with van der Waals surface area (Å²) in [4.78, 5) is 12.7. The number of nitrogens with zero attached hydrogens (tertiary/aromatic N) is 2. The highest BCUT2D eigenvalue weighted by molar-refractivity contribution is 7.92. The number of hydrazone groups is 1. The highest BCUT2D eigenvalue weighted by Crippen LogP contribution is 2.25. The van der Waals surface area contributed by atoms with Crippen LogP contribution in [0.3, 0.4) is 0 Å². The lowest BCUT2D eigenvalue weighted by molar-refractivity contribution is -0.119. The minimum Gasteiger partial charge on any atom is -0.497 e. The number of sulfonamides is 1. The van der Waals surface area contributed by atoms with Crippen molar-refractivity contribution in [2.75, 3.05) is 18.0 Å². The monoisotopic (exact) mass is 485 g/mol. The molecule has 0 aromatic heterocycles. The topological polar surface area (TPSA) is 88.1 Å². The zero-order chi connectivity index (χ0) is 24.0. The molecule has 33 heavy (non-hydrogen) atoms. The number of ether oxygens (including phenoxy) is 1. The molecule has 0 radical (unpaired) electrons. The number of amides is 1. The van der Waals surface area contributed by atoms with Crippen LogP contribution in [0.25, 0.3) is 0 Å². The molecular weight excluding hydrogens is 462 g/mol. The Morgan fingerprint density at radius 1 is 1.00 bits per heavy atom. The number of hydrogen-bond acceptors (Lipinski definition) is 5. The Hall–Kier alpha value is -3.36. The van der Waals surface area contributed by atoms with Crippen molar-refractivity contribution in [3.8, 4) is 5.75 Å². The number of benzene rings is 3. The fourth-order valence-electron chi connectivity index (χ4n) is 2.97. The summed E-state index contributed by atoms with van der Waals surface area (Å²) in [5.74, 6) is -0.0541. The zero-order valence-corrected chi connectivity index (χ0v) is 20.0. The van der Waals surface area contributed by atoms with Crippen LogP contribution in [0.1, 0.15) is 18.1 Å². The van der Waals surface area contributed by atoms with Crippen LogP contribution in [0, 0.1) is 6.92 Å². The van der Waals surface area contributed by atoms with Gasteiger partial charge in [0, 0.05) is 5.02 Å². The van der Waals surface area contributed by atoms with Gasteiger partial charge in [-0.1, -0.05) is 41.4 Å². The van der Waals surface area contributed by atoms with E-state index in [4.69, 9.17) is 16.3 Å². The second-order valence-electron chi connectivity index (χ2n) is 7.26. The van der Waals surface area contributed by atoms with Gasteiger partial charge < -0.3 is 4.74 Å². The molecule has 1 amide bonds. The first-order chi connectivity index (χ1) is 15.7. The van der Waals surface area contributed by atoms with Crippen LogP contribution in [-0.4, -0.2) is 33.7 Å². The van der Waals surface area contributed by atoms with Crippen LogP contribution in [-0.2, 0) is 14.8 Å². The minimum atomic E-state index is -4.03. The maximum atomic E-state index is 13.4. The molecule has 0 saturated heterocycles. The average Bonchev–Trinajstić information content (AvgIpc) is 2.82. The Morgan fingerprint density at radius 3 is 2.18 bits per heavy atom. The van der Waals surface area contributed by atoms with Gasteiger partial charge in [0.1, 0.15) is 12.3 Å². The van der Waals surface area contributed by atoms with Crippen molar-refractivity contribution in [2.45, 2.75) is 18.7 Å². The van der Waals surface area contributed by atoms with E-state index in [1.807, 2.05) is 6.92 Å². The lowest BCUT2D eigenvalue weighted by Crippen LogP contribution is -2.39. The second kappa shape index (κ2) is 10.5. The molecule has 7 nitrogen and oxygen atoms in total. The van der Waals surface area contributed by atoms with Crippen molar-refractivity contribution >= 4 is 38.9 Å². The van der Waals surface area contributed by atoms with E-state index in [2.05, 4.69) is 10.5 Å². The maximum absolute atomic E-state index is 13.4. The number of methoxy groups -OCH3 is 1. The lowest BCUT2D eigenvalue weighted by atomic mass is 10.1. The van der Waals surface area contributed by atoms with E-state index >= 15 is 0 Å². The smallest absolute Gasteiger partial charge is 0.264 e. The Labute approximate surface area is 198 Å². The van der Waals surface area contributed by atoms with Crippen molar-refractivity contribution in [3.05, 3.63) is 88.9 Å². The predicted molar refractivity (Wildman–Crippen MR) is 131 cm³/mol. The molecule has 0 bridgehead atoms. The van der Waals surface area contributed by atoms with Crippen molar-refractivity contribution in [3.63, 3.8) is 0 Å². The first-order valence-electron chi connectivity index (χ1n) is 10.0. The summed E-state index contributed by atoms with van der Waals surface area (Å²) in [6, 6.07) is 19.9. The van der Waals surface area contributed by atoms with Crippen LogP contribution in [0.2, 0.25) is 5.02 Å². The molecule has 0 atom stereocenters. The van der Waals surface area contributed by atoms with Gasteiger partial charge in [-0.2, -0.15) is 5.10 Å². The van der Waals surface area contributed by atoms with E-state index in [9.17, 15) is 13.2 Å². The summed E-state index contributed by atoms with van der Waals surface area (Å²) in [5.41, 5.74) is 5.10. The Balaban J connectivity index is 1.86. The van der Waals surface area contributed by atoms with E-state index in [0.717, 1.165) is 15.4 Å². The van der Waals surface area contributed by atoms with Gasteiger partial charge in [0.05, 0.1) is 23.4 Å². The number of carbonyl (C=O) groups is 1. The molecule has 0 unspecified atom stereocenters. The van der Waals surface area contributed by atoms with Gasteiger partial charge in [0.15, 0.2) is 0 Å². The third kappa shape index (κ3) is 6.12. The molecule has 1 N–H and O–H groups in total. The van der Waals surface area contributed by atoms with Crippen molar-refractivity contribution in [1.82, 2.24) is 5.43 Å². The fraction of sp³-hybridized carbons (Fsp3) is 0.167. The highest BCUT2D eigenvalue weighted by Gasteiger charge is 2.27. The second-order valence-corrected chi connectivity index (χ2v) is 9.56. The third-order valence-electron chi connectivity index (χ3n) is 4.87. The molecule has 3 aromatic rings. The Kier molecular flexibility index (Phi) is 7.73. The Bertz CT molecular complexity index is 1240. The summed E-state index contributed by atoms with van der Waals surface area (Å²) in [7, 11) is -2.53. The third-order valence-corrected chi connectivity index (χ3v) is 6.91. The molecule has 172 valence electrons. The van der Waals surface area contributed by atoms with Crippen molar-refractivity contribution < 1.29 is 17.9 Å². The number of hydrogen-bond donors (Lipinski definition) is 1. The van der Waals surface area contributed by atoms with E-state index < -0.39 is 22.5 Å². The molecule has 0 aliphatic heterocycles. The molecule has 0 saturated carbocycles. The van der Waals surface area contributed by atoms with Crippen LogP contribution < -0.4 is 14.5 Å². The number of aryl methyl sites for hydroxylation is 1. The summed E-state index contributed by atoms with van der Waals surface area (Å²) < 4.78 is 33.0. The molecule has 0 aliphatic carbocycles. The van der Waals surface area contributed by atoms with E-state index in [1.165, 1.54) is 19.2 Å². The zero-order valence-electron chi connectivity index (χ0n) is 18.4. The predicted octanol–water partition coefficient (Wildman–Crippen LogP) is 4.39. The van der Waals surface area contributed by atoms with Gasteiger partial charge in [-0.25, -0.2) is 13.8 Å². The van der Waals surface area contributed by atoms with Crippen LogP contribution in [0.15, 0.2) is 82.8 Å². The largest absolute Gasteiger partial charge is 0.497 e. The molecule has 0 heterocycles. The summed E-state index contributed by atoms with van der Waals surface area (Å²) in [6.45, 7) is 3.18. The average molecular weight is 486 g/mol. The van der Waals surface area contributed by atoms with Gasteiger partial charge in [0.25, 0.3) is 15.9 Å². The van der Waals surface area contributed by atoms with Crippen LogP contribution in [0.5, 0.6) is 5.75 Å². The van der Waals surface area contributed by atoms with Gasteiger partial charge >= 0.3 is 0 Å². The number of halogens is 1. The normalized spacial score (nSPS) is 11.7. The minimum absolute atomic E-state index is 0.0394. The van der Waals surface area contributed by atoms with Gasteiger partial charge in [-0.3, -0.25) is 9.10 Å². The SMILES string of the molecule is COc1ccc(S(=O)(=O)N(CC(=O)N/N=C(/C)c2ccc(Cl)cc2)c2ccc(C)cc2)cc1. The molecular formula is C24H24ClN3O4S. The van der Waals surface area contributed by atoms with Gasteiger partial charge in [-0.05, 0) is 67.9 Å². The molecule has 0 fully saturated rings. The maximum Gasteiger partial charge on any atom is 0.264 e. The first kappa shape index (κ1) is 24.3. The lowest BCUT2D eigenvalue weighted by Gasteiger charge is -2.24.